The van der Waals surface area contributed by atoms with Crippen LogP contribution in [0.4, 0.5) is 0 Å². The quantitative estimate of drug-likeness (QED) is 0.696. The summed E-state index contributed by atoms with van der Waals surface area (Å²) >= 11 is 0. The van der Waals surface area contributed by atoms with Gasteiger partial charge >= 0.3 is 0 Å². The van der Waals surface area contributed by atoms with E-state index >= 15 is 0 Å². The highest BCUT2D eigenvalue weighted by Crippen LogP contribution is 2.29. The van der Waals surface area contributed by atoms with Crippen LogP contribution >= 0.6 is 0 Å². The highest BCUT2D eigenvalue weighted by molar-refractivity contribution is 5.40. The van der Waals surface area contributed by atoms with E-state index in [9.17, 15) is 0 Å². The molecule has 0 atom stereocenters. The van der Waals surface area contributed by atoms with Crippen molar-refractivity contribution in [3.8, 4) is 29.4 Å². The minimum Gasteiger partial charge on any atom is -0.494 e. The fourth-order valence-corrected chi connectivity index (χ4v) is 2.89. The molecule has 2 rings (SSSR count). The maximum absolute atomic E-state index is 5.41. The normalized spacial score (nSPS) is 20.3. The molecule has 120 valence electrons. The number of hydrogen-bond donors (Lipinski definition) is 0. The van der Waals surface area contributed by atoms with Gasteiger partial charge in [0.15, 0.2) is 0 Å². The van der Waals surface area contributed by atoms with Crippen LogP contribution in [0, 0.1) is 35.5 Å². The third kappa shape index (κ3) is 6.25. The number of benzene rings is 1. The van der Waals surface area contributed by atoms with Crippen LogP contribution in [0.5, 0.6) is 5.75 Å². The monoisotopic (exact) mass is 306 g/mol. The minimum atomic E-state index is 0.585. The molecule has 1 aromatic rings. The average molecular weight is 306 g/mol. The van der Waals surface area contributed by atoms with E-state index < -0.39 is 0 Å². The minimum absolute atomic E-state index is 0.585. The van der Waals surface area contributed by atoms with Gasteiger partial charge in [-0.25, -0.2) is 0 Å². The molecule has 23 heavy (non-hydrogen) atoms. The molecule has 0 spiro atoms. The number of rotatable bonds is 3. The summed E-state index contributed by atoms with van der Waals surface area (Å²) in [6.07, 6.45) is 10.2. The fraction of sp³-hybridized carbons (Fsp3) is 0.455. The predicted molar refractivity (Wildman–Crippen MR) is 97.1 cm³/mol. The second-order valence-corrected chi connectivity index (χ2v) is 5.97. The van der Waals surface area contributed by atoms with Gasteiger partial charge in [-0.05, 0) is 74.9 Å². The molecule has 1 saturated carbocycles. The van der Waals surface area contributed by atoms with Crippen LogP contribution in [0.1, 0.15) is 51.5 Å². The standard InChI is InChI=1S/C22H26O/c1-3-19-11-13-20(14-12-19)9-7-5-6-8-10-21-15-17-22(18-16-21)23-4-2/h5-6,15-20H,3-4,11-14H2,1-2H3. The Kier molecular flexibility index (Phi) is 7.35. The van der Waals surface area contributed by atoms with E-state index in [0.717, 1.165) is 17.2 Å². The Morgan fingerprint density at radius 3 is 2.35 bits per heavy atom. The molecular formula is C22H26O. The Bertz CT molecular complexity index is 608. The lowest BCUT2D eigenvalue weighted by atomic mass is 9.81. The smallest absolute Gasteiger partial charge is 0.119 e. The second-order valence-electron chi connectivity index (χ2n) is 5.97. The summed E-state index contributed by atoms with van der Waals surface area (Å²) in [6.45, 7) is 4.96. The van der Waals surface area contributed by atoms with E-state index in [0.29, 0.717) is 12.5 Å². The SMILES string of the molecule is CCOc1ccc(C#CC=CC#CC2CCC(CC)CC2)cc1. The van der Waals surface area contributed by atoms with Gasteiger partial charge in [0.25, 0.3) is 0 Å². The maximum atomic E-state index is 5.41. The van der Waals surface area contributed by atoms with Crippen molar-refractivity contribution in [3.05, 3.63) is 42.0 Å². The van der Waals surface area contributed by atoms with Gasteiger partial charge < -0.3 is 4.74 Å². The van der Waals surface area contributed by atoms with Crippen LogP contribution in [0.15, 0.2) is 36.4 Å². The molecule has 0 amide bonds. The first kappa shape index (κ1) is 17.2. The van der Waals surface area contributed by atoms with Crippen LogP contribution in [-0.4, -0.2) is 6.61 Å². The Labute approximate surface area is 141 Å². The third-order valence-corrected chi connectivity index (χ3v) is 4.34. The molecule has 1 fully saturated rings. The van der Waals surface area contributed by atoms with Crippen molar-refractivity contribution < 1.29 is 4.74 Å². The molecule has 1 aromatic carbocycles. The largest absolute Gasteiger partial charge is 0.494 e. The molecule has 0 radical (unpaired) electrons. The zero-order valence-electron chi connectivity index (χ0n) is 14.3. The lowest BCUT2D eigenvalue weighted by Gasteiger charge is -2.24. The summed E-state index contributed by atoms with van der Waals surface area (Å²) in [5.41, 5.74) is 0.990. The van der Waals surface area contributed by atoms with E-state index in [2.05, 4.69) is 30.6 Å². The van der Waals surface area contributed by atoms with Crippen molar-refractivity contribution in [3.63, 3.8) is 0 Å². The molecule has 0 aliphatic heterocycles. The molecular weight excluding hydrogens is 280 g/mol. The number of hydrogen-bond acceptors (Lipinski definition) is 1. The predicted octanol–water partition coefficient (Wildman–Crippen LogP) is 5.21. The van der Waals surface area contributed by atoms with Crippen LogP contribution in [0.3, 0.4) is 0 Å². The van der Waals surface area contributed by atoms with Gasteiger partial charge in [-0.3, -0.25) is 0 Å². The molecule has 1 heteroatoms. The zero-order chi connectivity index (χ0) is 16.3. The molecule has 1 aliphatic carbocycles. The van der Waals surface area contributed by atoms with Gasteiger partial charge in [-0.2, -0.15) is 0 Å². The van der Waals surface area contributed by atoms with E-state index in [1.54, 1.807) is 0 Å². The van der Waals surface area contributed by atoms with E-state index in [-0.39, 0.29) is 0 Å². The van der Waals surface area contributed by atoms with Gasteiger partial charge in [0.2, 0.25) is 0 Å². The lowest BCUT2D eigenvalue weighted by Crippen LogP contribution is -2.12. The molecule has 0 N–H and O–H groups in total. The first-order chi connectivity index (χ1) is 11.3. The summed E-state index contributed by atoms with van der Waals surface area (Å²) in [4.78, 5) is 0. The third-order valence-electron chi connectivity index (χ3n) is 4.34. The van der Waals surface area contributed by atoms with Crippen molar-refractivity contribution in [1.82, 2.24) is 0 Å². The summed E-state index contributed by atoms with van der Waals surface area (Å²) in [6, 6.07) is 7.85. The van der Waals surface area contributed by atoms with Crippen molar-refractivity contribution in [2.24, 2.45) is 11.8 Å². The van der Waals surface area contributed by atoms with Crippen LogP contribution in [0.25, 0.3) is 0 Å². The van der Waals surface area contributed by atoms with Gasteiger partial charge in [0, 0.05) is 11.5 Å². The fourth-order valence-electron chi connectivity index (χ4n) is 2.89. The van der Waals surface area contributed by atoms with Crippen molar-refractivity contribution in [2.45, 2.75) is 46.0 Å². The number of ether oxygens (including phenoxy) is 1. The summed E-state index contributed by atoms with van der Waals surface area (Å²) < 4.78 is 5.41. The molecule has 0 saturated heterocycles. The first-order valence-corrected chi connectivity index (χ1v) is 8.72. The molecule has 1 aliphatic rings. The van der Waals surface area contributed by atoms with E-state index in [1.807, 2.05) is 43.3 Å². The molecule has 0 bridgehead atoms. The van der Waals surface area contributed by atoms with Gasteiger partial charge in [-0.15, -0.1) is 0 Å². The van der Waals surface area contributed by atoms with E-state index in [4.69, 9.17) is 4.74 Å². The Hall–Kier alpha value is -2.12. The molecule has 1 nitrogen and oxygen atoms in total. The summed E-state index contributed by atoms with van der Waals surface area (Å²) in [5, 5.41) is 0. The van der Waals surface area contributed by atoms with Crippen LogP contribution < -0.4 is 4.74 Å². The van der Waals surface area contributed by atoms with Crippen molar-refractivity contribution >= 4 is 0 Å². The van der Waals surface area contributed by atoms with Gasteiger partial charge in [0.1, 0.15) is 5.75 Å². The molecule has 0 unspecified atom stereocenters. The van der Waals surface area contributed by atoms with Crippen molar-refractivity contribution in [1.29, 1.82) is 0 Å². The topological polar surface area (TPSA) is 9.23 Å². The summed E-state index contributed by atoms with van der Waals surface area (Å²) in [5.74, 6) is 15.1. The van der Waals surface area contributed by atoms with E-state index in [1.165, 1.54) is 32.1 Å². The molecule has 0 heterocycles. The van der Waals surface area contributed by atoms with Gasteiger partial charge in [-0.1, -0.05) is 37.0 Å². The first-order valence-electron chi connectivity index (χ1n) is 8.72. The van der Waals surface area contributed by atoms with Crippen LogP contribution in [-0.2, 0) is 0 Å². The number of allylic oxidation sites excluding steroid dienone is 2. The van der Waals surface area contributed by atoms with Gasteiger partial charge in [0.05, 0.1) is 6.61 Å². The lowest BCUT2D eigenvalue weighted by molar-refractivity contribution is 0.309. The average Bonchev–Trinajstić information content (AvgIpc) is 2.60. The second kappa shape index (κ2) is 9.81. The molecule has 0 aromatic heterocycles. The Balaban J connectivity index is 1.78. The summed E-state index contributed by atoms with van der Waals surface area (Å²) in [7, 11) is 0. The van der Waals surface area contributed by atoms with Crippen LogP contribution in [0.2, 0.25) is 0 Å². The maximum Gasteiger partial charge on any atom is 0.119 e. The highest BCUT2D eigenvalue weighted by Gasteiger charge is 2.17. The Morgan fingerprint density at radius 1 is 1.00 bits per heavy atom. The van der Waals surface area contributed by atoms with Crippen molar-refractivity contribution in [2.75, 3.05) is 6.61 Å². The Morgan fingerprint density at radius 2 is 1.70 bits per heavy atom. The zero-order valence-corrected chi connectivity index (χ0v) is 14.3. The highest BCUT2D eigenvalue weighted by atomic mass is 16.5.